The average Bonchev–Trinajstić information content (AvgIpc) is 2.37. The van der Waals surface area contributed by atoms with Gasteiger partial charge in [-0.3, -0.25) is 0 Å². The molecule has 20 heavy (non-hydrogen) atoms. The van der Waals surface area contributed by atoms with E-state index in [0.717, 1.165) is 30.8 Å². The molecule has 0 saturated carbocycles. The quantitative estimate of drug-likeness (QED) is 0.761. The van der Waals surface area contributed by atoms with E-state index in [9.17, 15) is 8.42 Å². The number of benzene rings is 1. The van der Waals surface area contributed by atoms with E-state index in [1.807, 2.05) is 24.3 Å². The van der Waals surface area contributed by atoms with Crippen molar-refractivity contribution >= 4 is 21.4 Å². The van der Waals surface area contributed by atoms with Crippen LogP contribution in [0, 0.1) is 0 Å². The second-order valence-electron chi connectivity index (χ2n) is 5.25. The first-order valence-corrected chi connectivity index (χ1v) is 9.50. The maximum Gasteiger partial charge on any atom is 0.147 e. The molecular formula is C15H24ClNO2S. The lowest BCUT2D eigenvalue weighted by atomic mass is 10.0. The molecule has 1 unspecified atom stereocenters. The molecule has 3 nitrogen and oxygen atoms in total. The Morgan fingerprint density at radius 3 is 2.45 bits per heavy atom. The molecule has 0 aromatic heterocycles. The molecule has 5 heteroatoms. The highest BCUT2D eigenvalue weighted by Gasteiger charge is 2.11. The van der Waals surface area contributed by atoms with Crippen LogP contribution in [0.25, 0.3) is 0 Å². The molecule has 1 aromatic rings. The first kappa shape index (κ1) is 17.5. The normalized spacial score (nSPS) is 13.3. The lowest BCUT2D eigenvalue weighted by Gasteiger charge is -2.18. The van der Waals surface area contributed by atoms with E-state index in [1.165, 1.54) is 11.8 Å². The van der Waals surface area contributed by atoms with Gasteiger partial charge in [0, 0.05) is 23.1 Å². The van der Waals surface area contributed by atoms with E-state index in [1.54, 1.807) is 0 Å². The molecule has 0 aliphatic rings. The van der Waals surface area contributed by atoms with Crippen LogP contribution in [-0.2, 0) is 16.3 Å². The van der Waals surface area contributed by atoms with Gasteiger partial charge in [0.15, 0.2) is 0 Å². The first-order valence-electron chi connectivity index (χ1n) is 7.06. The molecule has 1 aromatic carbocycles. The summed E-state index contributed by atoms with van der Waals surface area (Å²) in [5.74, 6) is 0.262. The number of sulfone groups is 1. The zero-order chi connectivity index (χ0) is 15.0. The third-order valence-electron chi connectivity index (χ3n) is 3.15. The second kappa shape index (κ2) is 8.65. The van der Waals surface area contributed by atoms with Crippen LogP contribution in [-0.4, -0.2) is 33.0 Å². The van der Waals surface area contributed by atoms with Gasteiger partial charge < -0.3 is 5.32 Å². The van der Waals surface area contributed by atoms with E-state index in [2.05, 4.69) is 12.2 Å². The van der Waals surface area contributed by atoms with Crippen LogP contribution in [0.1, 0.15) is 31.7 Å². The predicted octanol–water partition coefficient (Wildman–Crippen LogP) is 3.08. The summed E-state index contributed by atoms with van der Waals surface area (Å²) in [5, 5.41) is 4.23. The summed E-state index contributed by atoms with van der Waals surface area (Å²) in [7, 11) is -2.86. The maximum absolute atomic E-state index is 11.2. The van der Waals surface area contributed by atoms with Gasteiger partial charge in [-0.1, -0.05) is 30.7 Å². The van der Waals surface area contributed by atoms with Crippen molar-refractivity contribution in [1.82, 2.24) is 5.32 Å². The number of hydrogen-bond acceptors (Lipinski definition) is 3. The Morgan fingerprint density at radius 2 is 1.90 bits per heavy atom. The fourth-order valence-electron chi connectivity index (χ4n) is 2.12. The van der Waals surface area contributed by atoms with Gasteiger partial charge in [0.25, 0.3) is 0 Å². The summed E-state index contributed by atoms with van der Waals surface area (Å²) in [6.07, 6.45) is 4.84. The summed E-state index contributed by atoms with van der Waals surface area (Å²) in [4.78, 5) is 0. The fraction of sp³-hybridized carbons (Fsp3) is 0.600. The Labute approximate surface area is 127 Å². The van der Waals surface area contributed by atoms with Gasteiger partial charge in [-0.2, -0.15) is 0 Å². The van der Waals surface area contributed by atoms with Crippen molar-refractivity contribution < 1.29 is 8.42 Å². The topological polar surface area (TPSA) is 46.2 Å². The van der Waals surface area contributed by atoms with Crippen LogP contribution in [0.15, 0.2) is 24.3 Å². The van der Waals surface area contributed by atoms with Gasteiger partial charge in [0.05, 0.1) is 0 Å². The maximum atomic E-state index is 11.2. The second-order valence-corrected chi connectivity index (χ2v) is 7.95. The molecule has 0 aliphatic carbocycles. The lowest BCUT2D eigenvalue weighted by molar-refractivity contribution is 0.472. The minimum absolute atomic E-state index is 0.262. The molecule has 114 valence electrons. The van der Waals surface area contributed by atoms with Crippen LogP contribution in [0.3, 0.4) is 0 Å². The van der Waals surface area contributed by atoms with Crippen molar-refractivity contribution in [3.63, 3.8) is 0 Å². The summed E-state index contributed by atoms with van der Waals surface area (Å²) in [5.41, 5.74) is 1.22. The minimum Gasteiger partial charge on any atom is -0.314 e. The number of hydrogen-bond donors (Lipinski definition) is 1. The third kappa shape index (κ3) is 7.88. The Kier molecular flexibility index (Phi) is 7.56. The highest BCUT2D eigenvalue weighted by atomic mass is 35.5. The SMILES string of the molecule is CCCNC(CCCS(C)(=O)=O)Cc1ccc(Cl)cc1. The molecule has 0 bridgehead atoms. The molecule has 0 fully saturated rings. The number of halogens is 1. The third-order valence-corrected chi connectivity index (χ3v) is 4.43. The Hall–Kier alpha value is -0.580. The molecule has 0 saturated heterocycles. The molecular weight excluding hydrogens is 294 g/mol. The van der Waals surface area contributed by atoms with Gasteiger partial charge in [-0.25, -0.2) is 8.42 Å². The van der Waals surface area contributed by atoms with Crippen molar-refractivity contribution in [2.24, 2.45) is 0 Å². The van der Waals surface area contributed by atoms with Crippen molar-refractivity contribution in [1.29, 1.82) is 0 Å². The summed E-state index contributed by atoms with van der Waals surface area (Å²) in [6, 6.07) is 8.16. The molecule has 0 amide bonds. The molecule has 1 rings (SSSR count). The van der Waals surface area contributed by atoms with E-state index in [4.69, 9.17) is 11.6 Å². The molecule has 1 atom stereocenters. The summed E-state index contributed by atoms with van der Waals surface area (Å²) >= 11 is 5.88. The van der Waals surface area contributed by atoms with Crippen LogP contribution < -0.4 is 5.32 Å². The van der Waals surface area contributed by atoms with E-state index >= 15 is 0 Å². The largest absolute Gasteiger partial charge is 0.314 e. The van der Waals surface area contributed by atoms with Crippen molar-refractivity contribution in [3.05, 3.63) is 34.9 Å². The van der Waals surface area contributed by atoms with Crippen LogP contribution >= 0.6 is 11.6 Å². The zero-order valence-corrected chi connectivity index (χ0v) is 13.8. The molecule has 1 N–H and O–H groups in total. The monoisotopic (exact) mass is 317 g/mol. The molecule has 0 spiro atoms. The van der Waals surface area contributed by atoms with E-state index < -0.39 is 9.84 Å². The predicted molar refractivity (Wildman–Crippen MR) is 86.2 cm³/mol. The van der Waals surface area contributed by atoms with Crippen molar-refractivity contribution in [2.45, 2.75) is 38.6 Å². The van der Waals surface area contributed by atoms with Crippen molar-refractivity contribution in [2.75, 3.05) is 18.6 Å². The summed E-state index contributed by atoms with van der Waals surface area (Å²) in [6.45, 7) is 3.08. The molecule has 0 aliphatic heterocycles. The minimum atomic E-state index is -2.86. The average molecular weight is 318 g/mol. The highest BCUT2D eigenvalue weighted by molar-refractivity contribution is 7.90. The Bertz CT molecular complexity index is 485. The van der Waals surface area contributed by atoms with Crippen LogP contribution in [0.4, 0.5) is 0 Å². The van der Waals surface area contributed by atoms with Crippen LogP contribution in [0.5, 0.6) is 0 Å². The highest BCUT2D eigenvalue weighted by Crippen LogP contribution is 2.13. The smallest absolute Gasteiger partial charge is 0.147 e. The number of rotatable bonds is 9. The standard InChI is InChI=1S/C15H24ClNO2S/c1-3-10-17-15(5-4-11-20(2,18)19)12-13-6-8-14(16)9-7-13/h6-9,15,17H,3-5,10-12H2,1-2H3. The zero-order valence-electron chi connectivity index (χ0n) is 12.2. The lowest BCUT2D eigenvalue weighted by Crippen LogP contribution is -2.32. The van der Waals surface area contributed by atoms with Gasteiger partial charge in [0.1, 0.15) is 9.84 Å². The Balaban J connectivity index is 2.52. The molecule has 0 heterocycles. The molecule has 0 radical (unpaired) electrons. The first-order chi connectivity index (χ1) is 9.40. The van der Waals surface area contributed by atoms with E-state index in [-0.39, 0.29) is 5.75 Å². The van der Waals surface area contributed by atoms with Gasteiger partial charge in [-0.15, -0.1) is 0 Å². The number of nitrogens with one attached hydrogen (secondary N) is 1. The fourth-order valence-corrected chi connectivity index (χ4v) is 2.94. The van der Waals surface area contributed by atoms with Gasteiger partial charge in [0.2, 0.25) is 0 Å². The summed E-state index contributed by atoms with van der Waals surface area (Å²) < 4.78 is 22.4. The van der Waals surface area contributed by atoms with Crippen molar-refractivity contribution in [3.8, 4) is 0 Å². The van der Waals surface area contributed by atoms with Gasteiger partial charge >= 0.3 is 0 Å². The Morgan fingerprint density at radius 1 is 1.25 bits per heavy atom. The van der Waals surface area contributed by atoms with Gasteiger partial charge in [-0.05, 0) is 49.9 Å². The van der Waals surface area contributed by atoms with E-state index in [0.29, 0.717) is 12.5 Å². The van der Waals surface area contributed by atoms with Crippen LogP contribution in [0.2, 0.25) is 5.02 Å².